The maximum Gasteiger partial charge on any atom is 0.269 e. The predicted molar refractivity (Wildman–Crippen MR) is 104 cm³/mol. The van der Waals surface area contributed by atoms with Gasteiger partial charge in [-0.1, -0.05) is 20.8 Å². The van der Waals surface area contributed by atoms with Crippen molar-refractivity contribution in [2.45, 2.75) is 39.2 Å². The Morgan fingerprint density at radius 2 is 1.89 bits per heavy atom. The Hall–Kier alpha value is -2.74. The number of benzene rings is 1. The third-order valence-corrected chi connectivity index (χ3v) is 4.85. The molecule has 8 heteroatoms. The van der Waals surface area contributed by atoms with Crippen molar-refractivity contribution >= 4 is 11.6 Å². The molecule has 0 saturated carbocycles. The highest BCUT2D eigenvalue weighted by Gasteiger charge is 2.23. The Morgan fingerprint density at radius 1 is 1.18 bits per heavy atom. The molecule has 1 aromatic carbocycles. The molecule has 2 heterocycles. The first-order valence-electron chi connectivity index (χ1n) is 9.45. The zero-order chi connectivity index (χ0) is 20.3. The van der Waals surface area contributed by atoms with E-state index in [1.807, 2.05) is 0 Å². The van der Waals surface area contributed by atoms with Crippen molar-refractivity contribution in [1.82, 2.24) is 14.8 Å². The van der Waals surface area contributed by atoms with E-state index in [-0.39, 0.29) is 17.0 Å². The number of amides is 1. The van der Waals surface area contributed by atoms with Crippen LogP contribution in [0.5, 0.6) is 0 Å². The van der Waals surface area contributed by atoms with Crippen molar-refractivity contribution in [3.05, 3.63) is 57.8 Å². The molecule has 1 aliphatic heterocycles. The van der Waals surface area contributed by atoms with Gasteiger partial charge in [-0.15, -0.1) is 0 Å². The lowest BCUT2D eigenvalue weighted by Gasteiger charge is -2.21. The number of nitro benzene ring substituents is 1. The number of hydrogen-bond donors (Lipinski definition) is 0. The highest BCUT2D eigenvalue weighted by atomic mass is 16.6. The van der Waals surface area contributed by atoms with Gasteiger partial charge >= 0.3 is 0 Å². The smallest absolute Gasteiger partial charge is 0.269 e. The number of non-ortho nitro benzene ring substituents is 1. The molecule has 150 valence electrons. The van der Waals surface area contributed by atoms with Crippen molar-refractivity contribution in [2.75, 3.05) is 26.2 Å². The summed E-state index contributed by atoms with van der Waals surface area (Å²) in [7, 11) is 0. The predicted octanol–water partition coefficient (Wildman–Crippen LogP) is 3.23. The minimum atomic E-state index is -0.466. The molecule has 8 nitrogen and oxygen atoms in total. The van der Waals surface area contributed by atoms with E-state index in [2.05, 4.69) is 30.7 Å². The largest absolute Gasteiger partial charge is 0.444 e. The van der Waals surface area contributed by atoms with Gasteiger partial charge in [0.05, 0.1) is 17.7 Å². The molecule has 1 aliphatic rings. The van der Waals surface area contributed by atoms with Gasteiger partial charge in [0, 0.05) is 49.3 Å². The lowest BCUT2D eigenvalue weighted by atomic mass is 9.94. The summed E-state index contributed by atoms with van der Waals surface area (Å²) in [5.74, 6) is 1.47. The second kappa shape index (κ2) is 8.10. The van der Waals surface area contributed by atoms with E-state index in [1.54, 1.807) is 11.1 Å². The summed E-state index contributed by atoms with van der Waals surface area (Å²) in [4.78, 5) is 31.4. The van der Waals surface area contributed by atoms with E-state index in [1.165, 1.54) is 24.3 Å². The summed E-state index contributed by atoms with van der Waals surface area (Å²) < 4.78 is 5.88. The molecule has 1 amide bonds. The number of aromatic nitrogens is 1. The van der Waals surface area contributed by atoms with Gasteiger partial charge in [-0.2, -0.15) is 0 Å². The molecule has 1 aromatic heterocycles. The Labute approximate surface area is 164 Å². The molecular weight excluding hydrogens is 360 g/mol. The van der Waals surface area contributed by atoms with Gasteiger partial charge in [-0.3, -0.25) is 19.8 Å². The molecule has 0 unspecified atom stereocenters. The molecule has 0 N–H and O–H groups in total. The number of carbonyl (C=O) groups is 1. The number of hydrogen-bond acceptors (Lipinski definition) is 6. The zero-order valence-electron chi connectivity index (χ0n) is 16.6. The van der Waals surface area contributed by atoms with E-state index < -0.39 is 4.92 Å². The maximum absolute atomic E-state index is 12.7. The standard InChI is InChI=1S/C20H26N4O4/c1-20(2,3)17-13-21-18(28-17)14-22-9-4-10-23(12-11-22)19(25)15-5-7-16(8-6-15)24(26)27/h5-8,13H,4,9-12,14H2,1-3H3. The molecule has 1 fully saturated rings. The Balaban J connectivity index is 1.59. The van der Waals surface area contributed by atoms with Gasteiger partial charge in [0.25, 0.3) is 11.6 Å². The van der Waals surface area contributed by atoms with E-state index in [9.17, 15) is 14.9 Å². The molecule has 0 radical (unpaired) electrons. The third kappa shape index (κ3) is 4.75. The number of nitro groups is 1. The second-order valence-electron chi connectivity index (χ2n) is 8.09. The maximum atomic E-state index is 12.7. The lowest BCUT2D eigenvalue weighted by molar-refractivity contribution is -0.384. The Morgan fingerprint density at radius 3 is 2.50 bits per heavy atom. The first kappa shape index (κ1) is 20.0. The summed E-state index contributed by atoms with van der Waals surface area (Å²) >= 11 is 0. The summed E-state index contributed by atoms with van der Waals surface area (Å²) in [5, 5.41) is 10.8. The van der Waals surface area contributed by atoms with E-state index >= 15 is 0 Å². The Bertz CT molecular complexity index is 839. The summed E-state index contributed by atoms with van der Waals surface area (Å²) in [6.07, 6.45) is 2.64. The molecule has 0 aliphatic carbocycles. The Kier molecular flexibility index (Phi) is 5.79. The van der Waals surface area contributed by atoms with Crippen LogP contribution in [-0.4, -0.2) is 51.8 Å². The average molecular weight is 386 g/mol. The lowest BCUT2D eigenvalue weighted by Crippen LogP contribution is -2.35. The normalized spacial score (nSPS) is 16.0. The van der Waals surface area contributed by atoms with Gasteiger partial charge < -0.3 is 9.32 Å². The highest BCUT2D eigenvalue weighted by molar-refractivity contribution is 5.94. The average Bonchev–Trinajstić information content (AvgIpc) is 3.00. The van der Waals surface area contributed by atoms with Crippen LogP contribution in [0.4, 0.5) is 5.69 Å². The van der Waals surface area contributed by atoms with Crippen molar-refractivity contribution < 1.29 is 14.1 Å². The van der Waals surface area contributed by atoms with Gasteiger partial charge in [-0.25, -0.2) is 4.98 Å². The quantitative estimate of drug-likeness (QED) is 0.592. The molecule has 3 rings (SSSR count). The van der Waals surface area contributed by atoms with E-state index in [0.717, 1.165) is 25.3 Å². The molecule has 1 saturated heterocycles. The minimum Gasteiger partial charge on any atom is -0.444 e. The first-order valence-corrected chi connectivity index (χ1v) is 9.45. The second-order valence-corrected chi connectivity index (χ2v) is 8.09. The van der Waals surface area contributed by atoms with Gasteiger partial charge in [0.2, 0.25) is 5.89 Å². The zero-order valence-corrected chi connectivity index (χ0v) is 16.6. The fourth-order valence-electron chi connectivity index (χ4n) is 3.16. The van der Waals surface area contributed by atoms with Crippen LogP contribution in [0.15, 0.2) is 34.9 Å². The van der Waals surface area contributed by atoms with Crippen LogP contribution < -0.4 is 0 Å². The molecular formula is C20H26N4O4. The topological polar surface area (TPSA) is 92.7 Å². The minimum absolute atomic E-state index is 0.0147. The fraction of sp³-hybridized carbons (Fsp3) is 0.500. The number of carbonyl (C=O) groups excluding carboxylic acids is 1. The highest BCUT2D eigenvalue weighted by Crippen LogP contribution is 2.23. The summed E-state index contributed by atoms with van der Waals surface area (Å²) in [6.45, 7) is 9.73. The summed E-state index contributed by atoms with van der Waals surface area (Å²) in [6, 6.07) is 5.77. The van der Waals surface area contributed by atoms with Crippen molar-refractivity contribution in [1.29, 1.82) is 0 Å². The summed E-state index contributed by atoms with van der Waals surface area (Å²) in [5.41, 5.74) is 0.388. The molecule has 2 aromatic rings. The number of rotatable bonds is 4. The van der Waals surface area contributed by atoms with Crippen LogP contribution in [0.1, 0.15) is 49.2 Å². The molecule has 0 atom stereocenters. The van der Waals surface area contributed by atoms with E-state index in [4.69, 9.17) is 4.42 Å². The molecule has 0 spiro atoms. The van der Waals surface area contributed by atoms with Crippen LogP contribution in [0.2, 0.25) is 0 Å². The van der Waals surface area contributed by atoms with E-state index in [0.29, 0.717) is 31.1 Å². The van der Waals surface area contributed by atoms with Gasteiger partial charge in [0.15, 0.2) is 0 Å². The molecule has 0 bridgehead atoms. The SMILES string of the molecule is CC(C)(C)c1cnc(CN2CCCN(C(=O)c3ccc([N+](=O)[O-])cc3)CC2)o1. The monoisotopic (exact) mass is 386 g/mol. The van der Waals surface area contributed by atoms with Crippen LogP contribution in [0, 0.1) is 10.1 Å². The third-order valence-electron chi connectivity index (χ3n) is 4.85. The van der Waals surface area contributed by atoms with Crippen LogP contribution in [-0.2, 0) is 12.0 Å². The van der Waals surface area contributed by atoms with Gasteiger partial charge in [0.1, 0.15) is 5.76 Å². The number of oxazole rings is 1. The molecule has 28 heavy (non-hydrogen) atoms. The van der Waals surface area contributed by atoms with Crippen LogP contribution >= 0.6 is 0 Å². The first-order chi connectivity index (χ1) is 13.2. The number of nitrogens with zero attached hydrogens (tertiary/aromatic N) is 4. The van der Waals surface area contributed by atoms with Crippen molar-refractivity contribution in [2.24, 2.45) is 0 Å². The van der Waals surface area contributed by atoms with Gasteiger partial charge in [-0.05, 0) is 18.6 Å². The van der Waals surface area contributed by atoms with Crippen molar-refractivity contribution in [3.63, 3.8) is 0 Å². The fourth-order valence-corrected chi connectivity index (χ4v) is 3.16. The van der Waals surface area contributed by atoms with Crippen LogP contribution in [0.25, 0.3) is 0 Å². The van der Waals surface area contributed by atoms with Crippen LogP contribution in [0.3, 0.4) is 0 Å². The van der Waals surface area contributed by atoms with Crippen molar-refractivity contribution in [3.8, 4) is 0 Å².